The third kappa shape index (κ3) is 5.70. The molecule has 4 N–H and O–H groups in total. The zero-order chi connectivity index (χ0) is 25.2. The number of rotatable bonds is 7. The molecule has 180 valence electrons. The molecule has 9 heteroatoms. The van der Waals surface area contributed by atoms with Crippen LogP contribution in [0.2, 0.25) is 0 Å². The van der Waals surface area contributed by atoms with Gasteiger partial charge in [0, 0.05) is 66.2 Å². The van der Waals surface area contributed by atoms with Gasteiger partial charge in [-0.25, -0.2) is 8.78 Å². The molecule has 0 aliphatic rings. The Kier molecular flexibility index (Phi) is 6.61. The normalized spacial score (nSPS) is 12.1. The number of hydrogen-bond donors (Lipinski definition) is 3. The lowest BCUT2D eigenvalue weighted by atomic mass is 9.97. The van der Waals surface area contributed by atoms with Gasteiger partial charge >= 0.3 is 0 Å². The van der Waals surface area contributed by atoms with E-state index in [2.05, 4.69) is 20.4 Å². The largest absolute Gasteiger partial charge is 0.404 e. The first kappa shape index (κ1) is 24.0. The fraction of sp³-hybridized carbons (Fsp3) is 0.192. The number of benzene rings is 1. The van der Waals surface area contributed by atoms with Gasteiger partial charge in [0.2, 0.25) is 0 Å². The molecule has 0 aliphatic heterocycles. The van der Waals surface area contributed by atoms with Crippen molar-refractivity contribution >= 4 is 11.3 Å². The van der Waals surface area contributed by atoms with Gasteiger partial charge in [0.1, 0.15) is 11.5 Å². The van der Waals surface area contributed by atoms with Crippen molar-refractivity contribution in [3.8, 4) is 22.4 Å². The molecule has 35 heavy (non-hydrogen) atoms. The molecule has 0 spiro atoms. The summed E-state index contributed by atoms with van der Waals surface area (Å²) in [7, 11) is 1.84. The van der Waals surface area contributed by atoms with Gasteiger partial charge in [0.15, 0.2) is 5.82 Å². The molecule has 4 aromatic rings. The lowest BCUT2D eigenvalue weighted by Crippen LogP contribution is -2.29. The Balaban J connectivity index is 1.75. The minimum absolute atomic E-state index is 0.00388. The quantitative estimate of drug-likeness (QED) is 0.367. The molecule has 0 unspecified atom stereocenters. The van der Waals surface area contributed by atoms with E-state index in [0.29, 0.717) is 28.1 Å². The zero-order valence-electron chi connectivity index (χ0n) is 19.6. The monoisotopic (exact) mass is 476 g/mol. The summed E-state index contributed by atoms with van der Waals surface area (Å²) in [6, 6.07) is 9.78. The van der Waals surface area contributed by atoms with Gasteiger partial charge in [-0.1, -0.05) is 6.07 Å². The van der Waals surface area contributed by atoms with Crippen LogP contribution < -0.4 is 11.1 Å². The minimum Gasteiger partial charge on any atom is -0.404 e. The Labute approximate surface area is 202 Å². The third-order valence-electron chi connectivity index (χ3n) is 5.29. The summed E-state index contributed by atoms with van der Waals surface area (Å²) in [4.78, 5) is 8.52. The summed E-state index contributed by atoms with van der Waals surface area (Å²) in [6.45, 7) is 3.59. The molecule has 0 bridgehead atoms. The van der Waals surface area contributed by atoms with Crippen molar-refractivity contribution in [3.63, 3.8) is 0 Å². The predicted molar refractivity (Wildman–Crippen MR) is 132 cm³/mol. The van der Waals surface area contributed by atoms with Gasteiger partial charge in [0.25, 0.3) is 0 Å². The van der Waals surface area contributed by atoms with E-state index in [1.807, 2.05) is 31.4 Å². The van der Waals surface area contributed by atoms with Crippen molar-refractivity contribution in [1.82, 2.24) is 19.7 Å². The standard InChI is InChI=1S/C26H26F2N6O/c1-26(2,35)15-32-21-7-17(6-18(8-21)25-23(28)9-20(27)13-31-25)22(10-29)24-5-4-16(11-30-24)19-12-33-34(3)14-19/h4-14,32,35H,15,29H2,1-3H3. The van der Waals surface area contributed by atoms with Gasteiger partial charge in [-0.15, -0.1) is 0 Å². The first-order valence-corrected chi connectivity index (χ1v) is 10.9. The van der Waals surface area contributed by atoms with Crippen LogP contribution in [0.25, 0.3) is 28.0 Å². The summed E-state index contributed by atoms with van der Waals surface area (Å²) >= 11 is 0. The molecule has 0 radical (unpaired) electrons. The third-order valence-corrected chi connectivity index (χ3v) is 5.29. The van der Waals surface area contributed by atoms with E-state index in [4.69, 9.17) is 5.73 Å². The van der Waals surface area contributed by atoms with Crippen LogP contribution in [0, 0.1) is 11.6 Å². The second-order valence-electron chi connectivity index (χ2n) is 8.86. The molecule has 7 nitrogen and oxygen atoms in total. The van der Waals surface area contributed by atoms with Gasteiger partial charge in [-0.3, -0.25) is 14.6 Å². The number of anilines is 1. The summed E-state index contributed by atoms with van der Waals surface area (Å²) in [5.74, 6) is -1.55. The van der Waals surface area contributed by atoms with Crippen LogP contribution in [0.1, 0.15) is 25.1 Å². The Morgan fingerprint density at radius 1 is 1.06 bits per heavy atom. The molecule has 0 saturated heterocycles. The number of hydrogen-bond acceptors (Lipinski definition) is 6. The number of aliphatic hydroxyl groups is 1. The highest BCUT2D eigenvalue weighted by Gasteiger charge is 2.16. The van der Waals surface area contributed by atoms with Crippen LogP contribution in [0.15, 0.2) is 67.4 Å². The number of halogens is 2. The van der Waals surface area contributed by atoms with Gasteiger partial charge in [0.05, 0.1) is 23.7 Å². The van der Waals surface area contributed by atoms with Gasteiger partial charge < -0.3 is 16.2 Å². The van der Waals surface area contributed by atoms with E-state index in [1.165, 1.54) is 6.20 Å². The maximum atomic E-state index is 14.6. The Bertz CT molecular complexity index is 1370. The van der Waals surface area contributed by atoms with Crippen molar-refractivity contribution in [1.29, 1.82) is 0 Å². The molecule has 0 fully saturated rings. The number of aryl methyl sites for hydroxylation is 1. The van der Waals surface area contributed by atoms with Crippen LogP contribution in [0.4, 0.5) is 14.5 Å². The van der Waals surface area contributed by atoms with E-state index < -0.39 is 17.2 Å². The molecule has 4 rings (SSSR count). The first-order valence-electron chi connectivity index (χ1n) is 10.9. The Hall–Kier alpha value is -4.11. The first-order chi connectivity index (χ1) is 16.6. The molecule has 0 atom stereocenters. The minimum atomic E-state index is -0.980. The summed E-state index contributed by atoms with van der Waals surface area (Å²) < 4.78 is 29.7. The molecule has 3 heterocycles. The summed E-state index contributed by atoms with van der Waals surface area (Å²) in [5, 5.41) is 17.5. The molecule has 3 aromatic heterocycles. The van der Waals surface area contributed by atoms with Crippen LogP contribution in [0.5, 0.6) is 0 Å². The number of nitrogens with zero attached hydrogens (tertiary/aromatic N) is 4. The van der Waals surface area contributed by atoms with Crippen molar-refractivity contribution in [3.05, 3.63) is 90.3 Å². The highest BCUT2D eigenvalue weighted by atomic mass is 19.1. The maximum absolute atomic E-state index is 14.6. The average Bonchev–Trinajstić information content (AvgIpc) is 3.24. The lowest BCUT2D eigenvalue weighted by molar-refractivity contribution is 0.0945. The van der Waals surface area contributed by atoms with Crippen molar-refractivity contribution in [2.45, 2.75) is 19.4 Å². The number of aromatic nitrogens is 4. The second kappa shape index (κ2) is 9.63. The van der Waals surface area contributed by atoms with Crippen LogP contribution in [-0.2, 0) is 7.05 Å². The maximum Gasteiger partial charge on any atom is 0.152 e. The van der Waals surface area contributed by atoms with Crippen LogP contribution in [-0.4, -0.2) is 37.0 Å². The summed E-state index contributed by atoms with van der Waals surface area (Å²) in [5.41, 5.74) is 9.75. The molecule has 0 saturated carbocycles. The Morgan fingerprint density at radius 2 is 1.86 bits per heavy atom. The fourth-order valence-corrected chi connectivity index (χ4v) is 3.59. The van der Waals surface area contributed by atoms with Crippen molar-refractivity contribution in [2.75, 3.05) is 11.9 Å². The van der Waals surface area contributed by atoms with Gasteiger partial charge in [-0.2, -0.15) is 5.10 Å². The lowest BCUT2D eigenvalue weighted by Gasteiger charge is -2.20. The Morgan fingerprint density at radius 3 is 2.46 bits per heavy atom. The van der Waals surface area contributed by atoms with E-state index in [9.17, 15) is 13.9 Å². The van der Waals surface area contributed by atoms with Crippen LogP contribution >= 0.6 is 0 Å². The molecular formula is C26H26F2N6O. The SMILES string of the molecule is Cn1cc(-c2ccc(C(=CN)c3cc(NCC(C)(C)O)cc(-c4ncc(F)cc4F)c3)nc2)cn1. The summed E-state index contributed by atoms with van der Waals surface area (Å²) in [6.07, 6.45) is 7.77. The highest BCUT2D eigenvalue weighted by molar-refractivity contribution is 5.83. The van der Waals surface area contributed by atoms with Crippen molar-refractivity contribution < 1.29 is 13.9 Å². The topological polar surface area (TPSA) is 102 Å². The van der Waals surface area contributed by atoms with E-state index in [1.54, 1.807) is 43.1 Å². The van der Waals surface area contributed by atoms with Crippen LogP contribution in [0.3, 0.4) is 0 Å². The zero-order valence-corrected chi connectivity index (χ0v) is 19.6. The molecular weight excluding hydrogens is 450 g/mol. The highest BCUT2D eigenvalue weighted by Crippen LogP contribution is 2.32. The number of pyridine rings is 2. The fourth-order valence-electron chi connectivity index (χ4n) is 3.59. The van der Waals surface area contributed by atoms with Crippen molar-refractivity contribution in [2.24, 2.45) is 12.8 Å². The number of nitrogens with two attached hydrogens (primary N) is 1. The van der Waals surface area contributed by atoms with E-state index in [0.717, 1.165) is 23.4 Å². The van der Waals surface area contributed by atoms with E-state index >= 15 is 0 Å². The van der Waals surface area contributed by atoms with E-state index in [-0.39, 0.29) is 12.2 Å². The smallest absolute Gasteiger partial charge is 0.152 e. The van der Waals surface area contributed by atoms with Gasteiger partial charge in [-0.05, 0) is 43.7 Å². The predicted octanol–water partition coefficient (Wildman–Crippen LogP) is 4.35. The average molecular weight is 477 g/mol. The molecule has 0 aliphatic carbocycles. The molecule has 0 amide bonds. The molecule has 1 aromatic carbocycles. The second-order valence-corrected chi connectivity index (χ2v) is 8.86. The number of nitrogens with one attached hydrogen (secondary N) is 1.